The van der Waals surface area contributed by atoms with E-state index in [1.807, 2.05) is 35.0 Å². The van der Waals surface area contributed by atoms with Gasteiger partial charge in [-0.25, -0.2) is 8.42 Å². The lowest BCUT2D eigenvalue weighted by Gasteiger charge is -2.11. The Morgan fingerprint density at radius 3 is 2.90 bits per heavy atom. The Kier molecular flexibility index (Phi) is 3.62. The van der Waals surface area contributed by atoms with E-state index in [0.717, 1.165) is 20.8 Å². The summed E-state index contributed by atoms with van der Waals surface area (Å²) in [6.45, 7) is 0.157. The number of nitrogens with one attached hydrogen (secondary N) is 1. The number of benzene rings is 1. The van der Waals surface area contributed by atoms with Crippen LogP contribution in [0.1, 0.15) is 0 Å². The van der Waals surface area contributed by atoms with Crippen LogP contribution in [0.5, 0.6) is 0 Å². The van der Waals surface area contributed by atoms with E-state index in [0.29, 0.717) is 0 Å². The highest BCUT2D eigenvalue weighted by Gasteiger charge is 2.23. The molecule has 3 rings (SSSR count). The number of sulfone groups is 1. The summed E-state index contributed by atoms with van der Waals surface area (Å²) in [5.74, 6) is -0.268. The van der Waals surface area contributed by atoms with E-state index in [2.05, 4.69) is 21.2 Å². The van der Waals surface area contributed by atoms with Crippen molar-refractivity contribution < 1.29 is 13.2 Å². The van der Waals surface area contributed by atoms with Crippen LogP contribution in [0.2, 0.25) is 0 Å². The second-order valence-electron chi connectivity index (χ2n) is 4.98. The normalized spacial score (nSPS) is 20.0. The van der Waals surface area contributed by atoms with Crippen molar-refractivity contribution in [1.82, 2.24) is 9.88 Å². The number of halogens is 1. The van der Waals surface area contributed by atoms with Gasteiger partial charge < -0.3 is 9.88 Å². The van der Waals surface area contributed by atoms with Gasteiger partial charge in [-0.15, -0.1) is 0 Å². The fourth-order valence-electron chi connectivity index (χ4n) is 2.37. The van der Waals surface area contributed by atoms with Gasteiger partial charge in [-0.1, -0.05) is 22.0 Å². The van der Waals surface area contributed by atoms with Crippen LogP contribution >= 0.6 is 15.9 Å². The Morgan fingerprint density at radius 1 is 1.38 bits per heavy atom. The zero-order chi connectivity index (χ0) is 15.0. The molecule has 1 N–H and O–H groups in total. The number of hydrogen-bond acceptors (Lipinski definition) is 3. The molecule has 1 aromatic carbocycles. The number of rotatable bonds is 3. The number of amides is 1. The molecule has 0 unspecified atom stereocenters. The molecule has 7 heteroatoms. The van der Waals surface area contributed by atoms with Crippen LogP contribution in [0, 0.1) is 0 Å². The van der Waals surface area contributed by atoms with Crippen molar-refractivity contribution in [1.29, 1.82) is 0 Å². The van der Waals surface area contributed by atoms with Gasteiger partial charge in [0, 0.05) is 21.6 Å². The van der Waals surface area contributed by atoms with Crippen molar-refractivity contribution in [2.75, 3.05) is 5.75 Å². The van der Waals surface area contributed by atoms with Crippen LogP contribution in [-0.2, 0) is 21.2 Å². The van der Waals surface area contributed by atoms with E-state index in [4.69, 9.17) is 0 Å². The number of fused-ring (bicyclic) bond motifs is 1. The van der Waals surface area contributed by atoms with Crippen LogP contribution in [0.4, 0.5) is 0 Å². The average Bonchev–Trinajstić information content (AvgIpc) is 2.93. The second-order valence-corrected chi connectivity index (χ2v) is 7.83. The maximum Gasteiger partial charge on any atom is 0.240 e. The highest BCUT2D eigenvalue weighted by Crippen LogP contribution is 2.20. The number of hydrogen-bond donors (Lipinski definition) is 1. The fourth-order valence-corrected chi connectivity index (χ4v) is 3.95. The Morgan fingerprint density at radius 2 is 2.19 bits per heavy atom. The van der Waals surface area contributed by atoms with Crippen molar-refractivity contribution >= 4 is 42.6 Å². The van der Waals surface area contributed by atoms with Crippen molar-refractivity contribution in [3.05, 3.63) is 46.4 Å². The molecule has 110 valence electrons. The molecule has 0 bridgehead atoms. The van der Waals surface area contributed by atoms with E-state index < -0.39 is 15.9 Å². The second kappa shape index (κ2) is 5.31. The standard InChI is InChI=1S/C14H13BrN2O3S/c15-11-2-1-10-3-5-17(13(10)7-11)8-14(18)16-12-4-6-21(19,20)9-12/h1-7,12H,8-9H2,(H,16,18)/t12-/m0/s1. The van der Waals surface area contributed by atoms with Gasteiger partial charge in [0.1, 0.15) is 6.54 Å². The molecule has 5 nitrogen and oxygen atoms in total. The van der Waals surface area contributed by atoms with Crippen molar-refractivity contribution in [3.8, 4) is 0 Å². The number of aromatic nitrogens is 1. The van der Waals surface area contributed by atoms with E-state index >= 15 is 0 Å². The van der Waals surface area contributed by atoms with Gasteiger partial charge in [-0.2, -0.15) is 0 Å². The SMILES string of the molecule is O=C(Cn1ccc2ccc(Br)cc21)N[C@H]1C=CS(=O)(=O)C1. The highest BCUT2D eigenvalue weighted by atomic mass is 79.9. The molecule has 2 heterocycles. The summed E-state index contributed by atoms with van der Waals surface area (Å²) >= 11 is 3.41. The third-order valence-electron chi connectivity index (χ3n) is 3.33. The first-order chi connectivity index (χ1) is 9.93. The predicted molar refractivity (Wildman–Crippen MR) is 84.5 cm³/mol. The largest absolute Gasteiger partial charge is 0.347 e. The Balaban J connectivity index is 1.72. The lowest BCUT2D eigenvalue weighted by Crippen LogP contribution is -2.37. The van der Waals surface area contributed by atoms with Crippen molar-refractivity contribution in [2.45, 2.75) is 12.6 Å². The molecule has 1 atom stereocenters. The maximum atomic E-state index is 12.0. The summed E-state index contributed by atoms with van der Waals surface area (Å²) in [6, 6.07) is 7.37. The topological polar surface area (TPSA) is 68.2 Å². The zero-order valence-corrected chi connectivity index (χ0v) is 13.4. The first-order valence-corrected chi connectivity index (χ1v) is 8.88. The summed E-state index contributed by atoms with van der Waals surface area (Å²) < 4.78 is 25.4. The molecule has 1 aromatic heterocycles. The smallest absolute Gasteiger partial charge is 0.240 e. The Hall–Kier alpha value is -1.60. The summed E-state index contributed by atoms with van der Waals surface area (Å²) in [6.07, 6.45) is 3.36. The first-order valence-electron chi connectivity index (χ1n) is 6.38. The maximum absolute atomic E-state index is 12.0. The van der Waals surface area contributed by atoms with Crippen LogP contribution in [0.3, 0.4) is 0 Å². The van der Waals surface area contributed by atoms with Crippen LogP contribution in [0.25, 0.3) is 10.9 Å². The van der Waals surface area contributed by atoms with Gasteiger partial charge in [-0.05, 0) is 29.7 Å². The first kappa shape index (κ1) is 14.3. The van der Waals surface area contributed by atoms with Crippen molar-refractivity contribution in [3.63, 3.8) is 0 Å². The molecule has 21 heavy (non-hydrogen) atoms. The van der Waals surface area contributed by atoms with Gasteiger partial charge in [0.2, 0.25) is 5.91 Å². The molecule has 2 aromatic rings. The van der Waals surface area contributed by atoms with E-state index in [1.165, 1.54) is 6.08 Å². The minimum atomic E-state index is -3.15. The third-order valence-corrected chi connectivity index (χ3v) is 5.22. The molecule has 0 saturated carbocycles. The Labute approximate surface area is 130 Å². The molecule has 0 fully saturated rings. The molecule has 1 amide bonds. The molecule has 1 aliphatic heterocycles. The van der Waals surface area contributed by atoms with E-state index in [9.17, 15) is 13.2 Å². The fraction of sp³-hybridized carbons (Fsp3) is 0.214. The quantitative estimate of drug-likeness (QED) is 0.898. The average molecular weight is 369 g/mol. The minimum Gasteiger partial charge on any atom is -0.347 e. The van der Waals surface area contributed by atoms with Gasteiger partial charge in [-0.3, -0.25) is 4.79 Å². The van der Waals surface area contributed by atoms with Crippen molar-refractivity contribution in [2.24, 2.45) is 0 Å². The molecule has 1 aliphatic rings. The summed E-state index contributed by atoms with van der Waals surface area (Å²) in [5.41, 5.74) is 0.953. The van der Waals surface area contributed by atoms with Gasteiger partial charge >= 0.3 is 0 Å². The van der Waals surface area contributed by atoms with E-state index in [1.54, 1.807) is 0 Å². The van der Waals surface area contributed by atoms with E-state index in [-0.39, 0.29) is 18.2 Å². The molecular weight excluding hydrogens is 356 g/mol. The monoisotopic (exact) mass is 368 g/mol. The number of carbonyl (C=O) groups excluding carboxylic acids is 1. The highest BCUT2D eigenvalue weighted by molar-refractivity contribution is 9.10. The van der Waals surface area contributed by atoms with Crippen LogP contribution in [0.15, 0.2) is 46.4 Å². The zero-order valence-electron chi connectivity index (χ0n) is 11.0. The summed E-state index contributed by atoms with van der Waals surface area (Å²) in [4.78, 5) is 12.0. The Bertz CT molecular complexity index is 839. The molecule has 0 aliphatic carbocycles. The lowest BCUT2D eigenvalue weighted by atomic mass is 10.2. The molecule has 0 radical (unpaired) electrons. The van der Waals surface area contributed by atoms with Gasteiger partial charge in [0.25, 0.3) is 0 Å². The van der Waals surface area contributed by atoms with Gasteiger partial charge in [0.05, 0.1) is 11.8 Å². The predicted octanol–water partition coefficient (Wildman–Crippen LogP) is 1.83. The van der Waals surface area contributed by atoms with Crippen LogP contribution in [-0.4, -0.2) is 30.7 Å². The van der Waals surface area contributed by atoms with Gasteiger partial charge in [0.15, 0.2) is 9.84 Å². The minimum absolute atomic E-state index is 0.0588. The van der Waals surface area contributed by atoms with Crippen LogP contribution < -0.4 is 5.32 Å². The lowest BCUT2D eigenvalue weighted by molar-refractivity contribution is -0.121. The number of nitrogens with zero attached hydrogens (tertiary/aromatic N) is 1. The molecular formula is C14H13BrN2O3S. The number of carbonyl (C=O) groups is 1. The summed E-state index contributed by atoms with van der Waals surface area (Å²) in [5, 5.41) is 4.92. The summed E-state index contributed by atoms with van der Waals surface area (Å²) in [7, 11) is -3.15. The molecule has 0 saturated heterocycles. The molecule has 0 spiro atoms. The third kappa shape index (κ3) is 3.19.